The highest BCUT2D eigenvalue weighted by atomic mass is 16.2. The Kier molecular flexibility index (Phi) is 4.27. The molecular formula is C16H23N5O. The molecule has 6 heteroatoms. The number of nitrogens with zero attached hydrogens (tertiary/aromatic N) is 4. The molecule has 2 aromatic rings. The summed E-state index contributed by atoms with van der Waals surface area (Å²) in [6, 6.07) is 0.123. The van der Waals surface area contributed by atoms with E-state index in [1.807, 2.05) is 28.8 Å². The van der Waals surface area contributed by atoms with Crippen LogP contribution in [0.1, 0.15) is 49.3 Å². The molecule has 2 aromatic heterocycles. The second-order valence-corrected chi connectivity index (χ2v) is 5.89. The number of carbonyl (C=O) groups excluding carboxylic acids is 1. The number of H-pyrrole nitrogens is 1. The van der Waals surface area contributed by atoms with Crippen molar-refractivity contribution in [2.24, 2.45) is 0 Å². The molecule has 1 atom stereocenters. The van der Waals surface area contributed by atoms with Gasteiger partial charge in [0.25, 0.3) is 0 Å². The zero-order valence-electron chi connectivity index (χ0n) is 13.2. The van der Waals surface area contributed by atoms with Gasteiger partial charge in [0.2, 0.25) is 5.91 Å². The van der Waals surface area contributed by atoms with Gasteiger partial charge >= 0.3 is 0 Å². The van der Waals surface area contributed by atoms with Gasteiger partial charge < -0.3 is 9.47 Å². The maximum atomic E-state index is 12.8. The van der Waals surface area contributed by atoms with E-state index in [4.69, 9.17) is 0 Å². The minimum absolute atomic E-state index is 0.123. The van der Waals surface area contributed by atoms with Crippen LogP contribution in [-0.4, -0.2) is 37.1 Å². The monoisotopic (exact) mass is 301 g/mol. The third-order valence-electron chi connectivity index (χ3n) is 4.45. The number of amides is 1. The Morgan fingerprint density at radius 3 is 3.05 bits per heavy atom. The standard InChI is InChI=1S/C16H23N5O/c1-3-14-17-7-9-20(14)11-15(22)21-8-5-4-6-13(21)16-12(2)10-18-19-16/h7,9-10,13H,3-6,8,11H2,1-2H3,(H,18,19)/t13-/m1/s1. The highest BCUT2D eigenvalue weighted by Crippen LogP contribution is 2.31. The number of aryl methyl sites for hydroxylation is 2. The Labute approximate surface area is 130 Å². The number of likely N-dealkylation sites (tertiary alicyclic amines) is 1. The molecule has 118 valence electrons. The van der Waals surface area contributed by atoms with E-state index < -0.39 is 0 Å². The molecule has 1 aliphatic rings. The molecular weight excluding hydrogens is 278 g/mol. The largest absolute Gasteiger partial charge is 0.333 e. The summed E-state index contributed by atoms with van der Waals surface area (Å²) in [5.41, 5.74) is 2.20. The molecule has 6 nitrogen and oxygen atoms in total. The summed E-state index contributed by atoms with van der Waals surface area (Å²) in [5, 5.41) is 7.19. The Hall–Kier alpha value is -2.11. The molecule has 1 aliphatic heterocycles. The molecule has 0 spiro atoms. The van der Waals surface area contributed by atoms with Gasteiger partial charge in [0.05, 0.1) is 17.9 Å². The molecule has 1 amide bonds. The van der Waals surface area contributed by atoms with Crippen molar-refractivity contribution in [2.75, 3.05) is 6.54 Å². The molecule has 22 heavy (non-hydrogen) atoms. The Morgan fingerprint density at radius 1 is 1.45 bits per heavy atom. The fraction of sp³-hybridized carbons (Fsp3) is 0.562. The molecule has 1 saturated heterocycles. The number of aromatic nitrogens is 4. The third-order valence-corrected chi connectivity index (χ3v) is 4.45. The van der Waals surface area contributed by atoms with Gasteiger partial charge in [-0.2, -0.15) is 5.10 Å². The number of hydrogen-bond donors (Lipinski definition) is 1. The van der Waals surface area contributed by atoms with Crippen molar-refractivity contribution in [1.82, 2.24) is 24.6 Å². The van der Waals surface area contributed by atoms with E-state index in [9.17, 15) is 4.79 Å². The molecule has 0 bridgehead atoms. The van der Waals surface area contributed by atoms with Crippen molar-refractivity contribution < 1.29 is 4.79 Å². The molecule has 1 fully saturated rings. The average molecular weight is 301 g/mol. The van der Waals surface area contributed by atoms with Gasteiger partial charge in [-0.25, -0.2) is 4.98 Å². The van der Waals surface area contributed by atoms with Crippen LogP contribution < -0.4 is 0 Å². The van der Waals surface area contributed by atoms with E-state index in [-0.39, 0.29) is 11.9 Å². The molecule has 0 radical (unpaired) electrons. The molecule has 3 rings (SSSR count). The summed E-state index contributed by atoms with van der Waals surface area (Å²) in [6.07, 6.45) is 9.54. The first-order valence-electron chi connectivity index (χ1n) is 8.00. The number of hydrogen-bond acceptors (Lipinski definition) is 3. The van der Waals surface area contributed by atoms with E-state index in [0.717, 1.165) is 49.3 Å². The van der Waals surface area contributed by atoms with E-state index in [2.05, 4.69) is 22.1 Å². The van der Waals surface area contributed by atoms with E-state index >= 15 is 0 Å². The smallest absolute Gasteiger partial charge is 0.243 e. The van der Waals surface area contributed by atoms with Gasteiger partial charge in [-0.15, -0.1) is 0 Å². The minimum atomic E-state index is 0.123. The summed E-state index contributed by atoms with van der Waals surface area (Å²) >= 11 is 0. The predicted octanol–water partition coefficient (Wildman–Crippen LogP) is 2.23. The number of nitrogens with one attached hydrogen (secondary N) is 1. The molecule has 0 aliphatic carbocycles. The quantitative estimate of drug-likeness (QED) is 0.941. The predicted molar refractivity (Wildman–Crippen MR) is 83.2 cm³/mol. The molecule has 0 unspecified atom stereocenters. The van der Waals surface area contributed by atoms with Crippen molar-refractivity contribution in [2.45, 2.75) is 52.1 Å². The summed E-state index contributed by atoms with van der Waals surface area (Å²) in [5.74, 6) is 1.12. The van der Waals surface area contributed by atoms with Crippen molar-refractivity contribution in [1.29, 1.82) is 0 Å². The number of carbonyl (C=O) groups is 1. The van der Waals surface area contributed by atoms with E-state index in [1.165, 1.54) is 0 Å². The maximum Gasteiger partial charge on any atom is 0.243 e. The molecule has 1 N–H and O–H groups in total. The lowest BCUT2D eigenvalue weighted by Crippen LogP contribution is -2.40. The zero-order valence-corrected chi connectivity index (χ0v) is 13.2. The Morgan fingerprint density at radius 2 is 2.32 bits per heavy atom. The third kappa shape index (κ3) is 2.77. The van der Waals surface area contributed by atoms with Crippen LogP contribution in [0.25, 0.3) is 0 Å². The Balaban J connectivity index is 1.79. The molecule has 0 aromatic carbocycles. The van der Waals surface area contributed by atoms with Gasteiger partial charge in [0.1, 0.15) is 12.4 Å². The second-order valence-electron chi connectivity index (χ2n) is 5.89. The van der Waals surface area contributed by atoms with Crippen LogP contribution in [0.5, 0.6) is 0 Å². The maximum absolute atomic E-state index is 12.8. The van der Waals surface area contributed by atoms with Gasteiger partial charge in [-0.1, -0.05) is 6.92 Å². The topological polar surface area (TPSA) is 66.8 Å². The first kappa shape index (κ1) is 14.8. The minimum Gasteiger partial charge on any atom is -0.333 e. The number of aromatic amines is 1. The lowest BCUT2D eigenvalue weighted by Gasteiger charge is -2.35. The van der Waals surface area contributed by atoms with Crippen LogP contribution >= 0.6 is 0 Å². The summed E-state index contributed by atoms with van der Waals surface area (Å²) in [6.45, 7) is 5.28. The van der Waals surface area contributed by atoms with Crippen molar-refractivity contribution in [3.05, 3.63) is 35.7 Å². The first-order chi connectivity index (χ1) is 10.7. The van der Waals surface area contributed by atoms with Crippen LogP contribution in [0.3, 0.4) is 0 Å². The first-order valence-corrected chi connectivity index (χ1v) is 8.00. The van der Waals surface area contributed by atoms with E-state index in [0.29, 0.717) is 6.54 Å². The molecule has 0 saturated carbocycles. The Bertz CT molecular complexity index is 645. The molecule has 3 heterocycles. The van der Waals surface area contributed by atoms with Crippen LogP contribution in [0.2, 0.25) is 0 Å². The lowest BCUT2D eigenvalue weighted by atomic mass is 9.97. The zero-order chi connectivity index (χ0) is 15.5. The fourth-order valence-corrected chi connectivity index (χ4v) is 3.26. The number of piperidine rings is 1. The van der Waals surface area contributed by atoms with Crippen molar-refractivity contribution >= 4 is 5.91 Å². The van der Waals surface area contributed by atoms with Gasteiger partial charge in [-0.05, 0) is 31.7 Å². The fourth-order valence-electron chi connectivity index (χ4n) is 3.26. The van der Waals surface area contributed by atoms with E-state index in [1.54, 1.807) is 6.20 Å². The van der Waals surface area contributed by atoms with Gasteiger partial charge in [0, 0.05) is 25.4 Å². The average Bonchev–Trinajstić information content (AvgIpc) is 3.15. The van der Waals surface area contributed by atoms with Crippen LogP contribution in [0, 0.1) is 6.92 Å². The SMILES string of the molecule is CCc1nccn1CC(=O)N1CCCC[C@@H]1c1[nH]ncc1C. The second kappa shape index (κ2) is 6.34. The van der Waals surface area contributed by atoms with Gasteiger partial charge in [0.15, 0.2) is 0 Å². The highest BCUT2D eigenvalue weighted by molar-refractivity contribution is 5.76. The normalized spacial score (nSPS) is 18.6. The number of rotatable bonds is 4. The number of imidazole rings is 1. The van der Waals surface area contributed by atoms with Crippen molar-refractivity contribution in [3.63, 3.8) is 0 Å². The van der Waals surface area contributed by atoms with Crippen LogP contribution in [0.15, 0.2) is 18.6 Å². The summed E-state index contributed by atoms with van der Waals surface area (Å²) < 4.78 is 1.95. The lowest BCUT2D eigenvalue weighted by molar-refractivity contribution is -0.135. The summed E-state index contributed by atoms with van der Waals surface area (Å²) in [4.78, 5) is 19.1. The van der Waals surface area contributed by atoms with Crippen LogP contribution in [0.4, 0.5) is 0 Å². The highest BCUT2D eigenvalue weighted by Gasteiger charge is 2.30. The van der Waals surface area contributed by atoms with Gasteiger partial charge in [-0.3, -0.25) is 9.89 Å². The summed E-state index contributed by atoms with van der Waals surface area (Å²) in [7, 11) is 0. The van der Waals surface area contributed by atoms with Crippen molar-refractivity contribution in [3.8, 4) is 0 Å². The van der Waals surface area contributed by atoms with Crippen LogP contribution in [-0.2, 0) is 17.8 Å².